The molecule has 0 amide bonds. The van der Waals surface area contributed by atoms with Crippen molar-refractivity contribution in [1.82, 2.24) is 0 Å². The van der Waals surface area contributed by atoms with Crippen molar-refractivity contribution in [3.05, 3.63) is 23.8 Å². The van der Waals surface area contributed by atoms with Crippen LogP contribution in [0.4, 0.5) is 0 Å². The molecule has 0 aliphatic carbocycles. The number of benzene rings is 1. The summed E-state index contributed by atoms with van der Waals surface area (Å²) < 4.78 is 15.3. The minimum Gasteiger partial charge on any atom is -0.493 e. The minimum absolute atomic E-state index is 0.125. The molecule has 0 unspecified atom stereocenters. The van der Waals surface area contributed by atoms with E-state index in [2.05, 4.69) is 10.8 Å². The summed E-state index contributed by atoms with van der Waals surface area (Å²) in [5.41, 5.74) is 1.17. The summed E-state index contributed by atoms with van der Waals surface area (Å²) in [6.07, 6.45) is 5.57. The van der Waals surface area contributed by atoms with Crippen molar-refractivity contribution in [3.63, 3.8) is 0 Å². The highest BCUT2D eigenvalue weighted by atomic mass is 16.5. The summed E-state index contributed by atoms with van der Waals surface area (Å²) in [6, 6.07) is 5.95. The van der Waals surface area contributed by atoms with Gasteiger partial charge in [0.2, 0.25) is 0 Å². The van der Waals surface area contributed by atoms with E-state index < -0.39 is 0 Å². The number of aryl methyl sites for hydroxylation is 1. The number of rotatable bonds is 9. The van der Waals surface area contributed by atoms with E-state index in [1.165, 1.54) is 12.7 Å². The van der Waals surface area contributed by atoms with Gasteiger partial charge in [-0.25, -0.2) is 0 Å². The molecule has 0 fully saturated rings. The van der Waals surface area contributed by atoms with Crippen LogP contribution in [0.25, 0.3) is 0 Å². The standard InChI is InChI=1S/C16H24O4/c1-18-14-11-8-10-13(16(14)20-3)9-6-4-5-7-12-15(17)19-2/h8,10-11H,4-7,9,12H2,1-3H3. The maximum atomic E-state index is 11.0. The molecule has 0 saturated carbocycles. The molecule has 0 aromatic heterocycles. The molecule has 0 atom stereocenters. The second kappa shape index (κ2) is 9.23. The highest BCUT2D eigenvalue weighted by molar-refractivity contribution is 5.68. The lowest BCUT2D eigenvalue weighted by Crippen LogP contribution is -1.99. The highest BCUT2D eigenvalue weighted by Gasteiger charge is 2.08. The smallest absolute Gasteiger partial charge is 0.305 e. The van der Waals surface area contributed by atoms with Gasteiger partial charge >= 0.3 is 5.97 Å². The van der Waals surface area contributed by atoms with Crippen molar-refractivity contribution in [1.29, 1.82) is 0 Å². The average molecular weight is 280 g/mol. The number of unbranched alkanes of at least 4 members (excludes halogenated alkanes) is 3. The third-order valence-electron chi connectivity index (χ3n) is 3.29. The molecule has 0 saturated heterocycles. The zero-order valence-electron chi connectivity index (χ0n) is 12.6. The number of hydrogen-bond donors (Lipinski definition) is 0. The van der Waals surface area contributed by atoms with E-state index in [0.29, 0.717) is 6.42 Å². The molecule has 4 nitrogen and oxygen atoms in total. The van der Waals surface area contributed by atoms with Crippen molar-refractivity contribution in [2.75, 3.05) is 21.3 Å². The van der Waals surface area contributed by atoms with Gasteiger partial charge in [0.15, 0.2) is 11.5 Å². The van der Waals surface area contributed by atoms with Crippen LogP contribution in [0.3, 0.4) is 0 Å². The Bertz CT molecular complexity index is 415. The second-order valence-corrected chi connectivity index (χ2v) is 4.64. The number of esters is 1. The summed E-state index contributed by atoms with van der Waals surface area (Å²) in [4.78, 5) is 11.0. The molecule has 1 aromatic carbocycles. The number of ether oxygens (including phenoxy) is 3. The molecule has 112 valence electrons. The highest BCUT2D eigenvalue weighted by Crippen LogP contribution is 2.31. The Morgan fingerprint density at radius 1 is 1.00 bits per heavy atom. The predicted molar refractivity (Wildman–Crippen MR) is 78.4 cm³/mol. The zero-order valence-corrected chi connectivity index (χ0v) is 12.6. The Balaban J connectivity index is 2.33. The zero-order chi connectivity index (χ0) is 14.8. The van der Waals surface area contributed by atoms with Gasteiger partial charge in [0.25, 0.3) is 0 Å². The quantitative estimate of drug-likeness (QED) is 0.514. The van der Waals surface area contributed by atoms with E-state index in [4.69, 9.17) is 9.47 Å². The molecule has 0 spiro atoms. The molecule has 1 rings (SSSR count). The summed E-state index contributed by atoms with van der Waals surface area (Å²) in [7, 11) is 4.74. The molecule has 0 N–H and O–H groups in total. The molecule has 4 heteroatoms. The predicted octanol–water partition coefficient (Wildman–Crippen LogP) is 3.37. The van der Waals surface area contributed by atoms with E-state index in [9.17, 15) is 4.79 Å². The van der Waals surface area contributed by atoms with Gasteiger partial charge in [-0.3, -0.25) is 4.79 Å². The Kier molecular flexibility index (Phi) is 7.55. The van der Waals surface area contributed by atoms with Crippen LogP contribution in [-0.4, -0.2) is 27.3 Å². The van der Waals surface area contributed by atoms with Crippen molar-refractivity contribution in [2.45, 2.75) is 38.5 Å². The summed E-state index contributed by atoms with van der Waals surface area (Å²) in [6.45, 7) is 0. The Hall–Kier alpha value is -1.71. The first kappa shape index (κ1) is 16.3. The monoisotopic (exact) mass is 280 g/mol. The van der Waals surface area contributed by atoms with Gasteiger partial charge in [-0.1, -0.05) is 25.0 Å². The number of carbonyl (C=O) groups excluding carboxylic acids is 1. The topological polar surface area (TPSA) is 44.8 Å². The first-order chi connectivity index (χ1) is 9.72. The molecule has 0 aliphatic rings. The molecule has 1 aromatic rings. The number of para-hydroxylation sites is 1. The minimum atomic E-state index is -0.125. The molecule has 0 heterocycles. The van der Waals surface area contributed by atoms with Gasteiger partial charge in [-0.05, 0) is 30.9 Å². The Labute approximate surface area is 121 Å². The van der Waals surface area contributed by atoms with Crippen LogP contribution in [0, 0.1) is 0 Å². The van der Waals surface area contributed by atoms with E-state index in [1.807, 2.05) is 12.1 Å². The third kappa shape index (κ3) is 5.11. The number of carbonyl (C=O) groups is 1. The van der Waals surface area contributed by atoms with Gasteiger partial charge < -0.3 is 14.2 Å². The van der Waals surface area contributed by atoms with Crippen LogP contribution < -0.4 is 9.47 Å². The van der Waals surface area contributed by atoms with Crippen LogP contribution in [-0.2, 0) is 16.0 Å². The molecule has 20 heavy (non-hydrogen) atoms. The SMILES string of the molecule is COC(=O)CCCCCCc1cccc(OC)c1OC. The maximum Gasteiger partial charge on any atom is 0.305 e. The average Bonchev–Trinajstić information content (AvgIpc) is 2.49. The fraction of sp³-hybridized carbons (Fsp3) is 0.562. The van der Waals surface area contributed by atoms with E-state index in [1.54, 1.807) is 14.2 Å². The molecule has 0 aliphatic heterocycles. The van der Waals surface area contributed by atoms with Crippen molar-refractivity contribution < 1.29 is 19.0 Å². The van der Waals surface area contributed by atoms with E-state index in [0.717, 1.165) is 43.6 Å². The van der Waals surface area contributed by atoms with E-state index in [-0.39, 0.29) is 5.97 Å². The lowest BCUT2D eigenvalue weighted by molar-refractivity contribution is -0.140. The van der Waals surface area contributed by atoms with Gasteiger partial charge in [-0.2, -0.15) is 0 Å². The Morgan fingerprint density at radius 3 is 2.40 bits per heavy atom. The van der Waals surface area contributed by atoms with Crippen LogP contribution in [0.2, 0.25) is 0 Å². The fourth-order valence-electron chi connectivity index (χ4n) is 2.19. The van der Waals surface area contributed by atoms with Gasteiger partial charge in [0.1, 0.15) is 0 Å². The van der Waals surface area contributed by atoms with Gasteiger partial charge in [0, 0.05) is 6.42 Å². The molecule has 0 radical (unpaired) electrons. The van der Waals surface area contributed by atoms with Gasteiger partial charge in [0.05, 0.1) is 21.3 Å². The van der Waals surface area contributed by atoms with Crippen molar-refractivity contribution in [2.24, 2.45) is 0 Å². The first-order valence-electron chi connectivity index (χ1n) is 6.99. The molecular formula is C16H24O4. The summed E-state index contributed by atoms with van der Waals surface area (Å²) in [5, 5.41) is 0. The molecular weight excluding hydrogens is 256 g/mol. The number of hydrogen-bond acceptors (Lipinski definition) is 4. The summed E-state index contributed by atoms with van der Waals surface area (Å²) in [5.74, 6) is 1.47. The van der Waals surface area contributed by atoms with Crippen LogP contribution in [0.1, 0.15) is 37.7 Å². The lowest BCUT2D eigenvalue weighted by atomic mass is 10.0. The first-order valence-corrected chi connectivity index (χ1v) is 6.99. The van der Waals surface area contributed by atoms with Crippen LogP contribution in [0.15, 0.2) is 18.2 Å². The lowest BCUT2D eigenvalue weighted by Gasteiger charge is -2.12. The van der Waals surface area contributed by atoms with Crippen LogP contribution in [0.5, 0.6) is 11.5 Å². The number of methoxy groups -OCH3 is 3. The summed E-state index contributed by atoms with van der Waals surface area (Å²) >= 11 is 0. The van der Waals surface area contributed by atoms with E-state index >= 15 is 0 Å². The van der Waals surface area contributed by atoms with Gasteiger partial charge in [-0.15, -0.1) is 0 Å². The fourth-order valence-corrected chi connectivity index (χ4v) is 2.19. The molecule has 0 bridgehead atoms. The van der Waals surface area contributed by atoms with Crippen molar-refractivity contribution >= 4 is 5.97 Å². The normalized spacial score (nSPS) is 10.2. The van der Waals surface area contributed by atoms with Crippen LogP contribution >= 0.6 is 0 Å². The Morgan fingerprint density at radius 2 is 1.75 bits per heavy atom. The maximum absolute atomic E-state index is 11.0. The van der Waals surface area contributed by atoms with Crippen molar-refractivity contribution in [3.8, 4) is 11.5 Å². The third-order valence-corrected chi connectivity index (χ3v) is 3.29. The second-order valence-electron chi connectivity index (χ2n) is 4.64. The largest absolute Gasteiger partial charge is 0.493 e.